The fourth-order valence-electron chi connectivity index (χ4n) is 2.17. The van der Waals surface area contributed by atoms with E-state index in [2.05, 4.69) is 24.5 Å². The van der Waals surface area contributed by atoms with Crippen LogP contribution in [-0.4, -0.2) is 18.5 Å². The van der Waals surface area contributed by atoms with E-state index in [-0.39, 0.29) is 12.5 Å². The van der Waals surface area contributed by atoms with Gasteiger partial charge in [-0.3, -0.25) is 9.69 Å². The van der Waals surface area contributed by atoms with Crippen molar-refractivity contribution in [2.75, 3.05) is 22.1 Å². The topological polar surface area (TPSA) is 61.4 Å². The van der Waals surface area contributed by atoms with Crippen LogP contribution in [0.15, 0.2) is 48.5 Å². The maximum absolute atomic E-state index is 13.1. The van der Waals surface area contributed by atoms with Crippen molar-refractivity contribution < 1.29 is 14.0 Å². The van der Waals surface area contributed by atoms with Crippen LogP contribution in [0.25, 0.3) is 0 Å². The summed E-state index contributed by atoms with van der Waals surface area (Å²) in [7, 11) is 0. The Bertz CT molecular complexity index is 734. The molecule has 3 rings (SSSR count). The summed E-state index contributed by atoms with van der Waals surface area (Å²) in [4.78, 5) is 25.3. The number of hydrogen-bond donors (Lipinski definition) is 2. The molecule has 0 saturated heterocycles. The molecule has 3 amide bonds. The Morgan fingerprint density at radius 2 is 1.92 bits per heavy atom. The molecule has 6 heteroatoms. The summed E-state index contributed by atoms with van der Waals surface area (Å²) in [5.74, 6) is -0.715. The number of anilines is 3. The standard InChI is InChI=1S/C15H12FN3O2.C3H8/c16-10-4-3-5-11(8-10)17-15(21)19-9-14(20)18-12-6-1-2-7-13(12)19;1-3-2/h1-8H,9H2,(H,17,21)(H,18,20);3H2,1-2H3. The molecule has 24 heavy (non-hydrogen) atoms. The average molecular weight is 329 g/mol. The number of halogens is 1. The van der Waals surface area contributed by atoms with Crippen molar-refractivity contribution in [3.8, 4) is 0 Å². The SMILES string of the molecule is CCC.O=C1CN(C(=O)Nc2cccc(F)c2)c2ccccc2N1. The predicted molar refractivity (Wildman–Crippen MR) is 93.8 cm³/mol. The highest BCUT2D eigenvalue weighted by Crippen LogP contribution is 2.29. The number of rotatable bonds is 1. The fourth-order valence-corrected chi connectivity index (χ4v) is 2.17. The zero-order valence-electron chi connectivity index (χ0n) is 13.7. The summed E-state index contributed by atoms with van der Waals surface area (Å²) in [6.45, 7) is 4.16. The van der Waals surface area contributed by atoms with E-state index < -0.39 is 11.8 Å². The minimum Gasteiger partial charge on any atom is -0.323 e. The molecule has 2 N–H and O–H groups in total. The second-order valence-electron chi connectivity index (χ2n) is 5.30. The molecule has 1 aliphatic rings. The van der Waals surface area contributed by atoms with E-state index in [4.69, 9.17) is 0 Å². The van der Waals surface area contributed by atoms with Crippen molar-refractivity contribution in [2.45, 2.75) is 20.3 Å². The van der Waals surface area contributed by atoms with Gasteiger partial charge >= 0.3 is 6.03 Å². The molecule has 2 aromatic carbocycles. The Labute approximate surface area is 140 Å². The van der Waals surface area contributed by atoms with Crippen LogP contribution >= 0.6 is 0 Å². The lowest BCUT2D eigenvalue weighted by atomic mass is 10.2. The molecule has 0 aromatic heterocycles. The van der Waals surface area contributed by atoms with E-state index in [1.807, 2.05) is 0 Å². The van der Waals surface area contributed by atoms with E-state index in [1.54, 1.807) is 30.3 Å². The number of benzene rings is 2. The first-order valence-corrected chi connectivity index (χ1v) is 7.78. The normalized spacial score (nSPS) is 12.5. The summed E-state index contributed by atoms with van der Waals surface area (Å²) in [6.07, 6.45) is 1.25. The fraction of sp³-hybridized carbons (Fsp3) is 0.222. The van der Waals surface area contributed by atoms with Crippen LogP contribution in [-0.2, 0) is 4.79 Å². The monoisotopic (exact) mass is 329 g/mol. The number of amides is 3. The molecule has 0 fully saturated rings. The largest absolute Gasteiger partial charge is 0.326 e. The van der Waals surface area contributed by atoms with Crippen molar-refractivity contribution in [1.29, 1.82) is 0 Å². The molecule has 5 nitrogen and oxygen atoms in total. The lowest BCUT2D eigenvalue weighted by Crippen LogP contribution is -2.44. The third-order valence-corrected chi connectivity index (χ3v) is 3.09. The number of fused-ring (bicyclic) bond motifs is 1. The van der Waals surface area contributed by atoms with Gasteiger partial charge in [-0.25, -0.2) is 9.18 Å². The molecule has 126 valence electrons. The Balaban J connectivity index is 0.000000647. The first-order valence-electron chi connectivity index (χ1n) is 7.78. The zero-order valence-corrected chi connectivity index (χ0v) is 13.7. The lowest BCUT2D eigenvalue weighted by Gasteiger charge is -2.29. The summed E-state index contributed by atoms with van der Waals surface area (Å²) in [5.41, 5.74) is 1.51. The van der Waals surface area contributed by atoms with Crippen molar-refractivity contribution in [3.63, 3.8) is 0 Å². The van der Waals surface area contributed by atoms with Crippen molar-refractivity contribution in [2.24, 2.45) is 0 Å². The summed E-state index contributed by atoms with van der Waals surface area (Å²) in [6, 6.07) is 12.1. The van der Waals surface area contributed by atoms with Gasteiger partial charge in [-0.05, 0) is 30.3 Å². The summed E-state index contributed by atoms with van der Waals surface area (Å²) >= 11 is 0. The van der Waals surface area contributed by atoms with Gasteiger partial charge in [0.15, 0.2) is 0 Å². The third kappa shape index (κ3) is 4.32. The molecule has 1 heterocycles. The molecular weight excluding hydrogens is 309 g/mol. The Hall–Kier alpha value is -2.89. The van der Waals surface area contributed by atoms with Gasteiger partial charge in [-0.2, -0.15) is 0 Å². The minimum atomic E-state index is -0.483. The average Bonchev–Trinajstić information content (AvgIpc) is 2.54. The maximum Gasteiger partial charge on any atom is 0.326 e. The van der Waals surface area contributed by atoms with Gasteiger partial charge in [0, 0.05) is 5.69 Å². The van der Waals surface area contributed by atoms with E-state index in [0.717, 1.165) is 0 Å². The first kappa shape index (κ1) is 17.5. The highest BCUT2D eigenvalue weighted by atomic mass is 19.1. The second kappa shape index (κ2) is 8.10. The summed E-state index contributed by atoms with van der Waals surface area (Å²) < 4.78 is 13.1. The molecular formula is C18H20FN3O2. The zero-order chi connectivity index (χ0) is 17.5. The van der Waals surface area contributed by atoms with E-state index >= 15 is 0 Å². The number of para-hydroxylation sites is 2. The summed E-state index contributed by atoms with van der Waals surface area (Å²) in [5, 5.41) is 5.28. The van der Waals surface area contributed by atoms with Crippen molar-refractivity contribution >= 4 is 29.0 Å². The number of nitrogens with zero attached hydrogens (tertiary/aromatic N) is 1. The highest BCUT2D eigenvalue weighted by Gasteiger charge is 2.26. The van der Waals surface area contributed by atoms with E-state index in [0.29, 0.717) is 17.1 Å². The molecule has 0 aliphatic carbocycles. The number of urea groups is 1. The molecule has 0 unspecified atom stereocenters. The van der Waals surface area contributed by atoms with Gasteiger partial charge in [0.05, 0.1) is 11.4 Å². The molecule has 0 saturated carbocycles. The van der Waals surface area contributed by atoms with Gasteiger partial charge in [0.1, 0.15) is 12.4 Å². The number of carbonyl (C=O) groups excluding carboxylic acids is 2. The van der Waals surface area contributed by atoms with Crippen LogP contribution < -0.4 is 15.5 Å². The van der Waals surface area contributed by atoms with E-state index in [9.17, 15) is 14.0 Å². The second-order valence-corrected chi connectivity index (χ2v) is 5.30. The van der Waals surface area contributed by atoms with Crippen LogP contribution in [0.3, 0.4) is 0 Å². The van der Waals surface area contributed by atoms with Crippen LogP contribution in [0.2, 0.25) is 0 Å². The van der Waals surface area contributed by atoms with Gasteiger partial charge in [-0.1, -0.05) is 38.5 Å². The quantitative estimate of drug-likeness (QED) is 0.822. The van der Waals surface area contributed by atoms with Gasteiger partial charge < -0.3 is 10.6 Å². The predicted octanol–water partition coefficient (Wildman–Crippen LogP) is 4.23. The molecule has 0 radical (unpaired) electrons. The van der Waals surface area contributed by atoms with Gasteiger partial charge in [-0.15, -0.1) is 0 Å². The highest BCUT2D eigenvalue weighted by molar-refractivity contribution is 6.12. The molecule has 0 atom stereocenters. The van der Waals surface area contributed by atoms with Gasteiger partial charge in [0.25, 0.3) is 0 Å². The third-order valence-electron chi connectivity index (χ3n) is 3.09. The minimum absolute atomic E-state index is 0.0852. The Morgan fingerprint density at radius 1 is 1.21 bits per heavy atom. The molecule has 1 aliphatic heterocycles. The number of hydrogen-bond acceptors (Lipinski definition) is 2. The van der Waals surface area contributed by atoms with E-state index in [1.165, 1.54) is 29.5 Å². The van der Waals surface area contributed by atoms with Crippen molar-refractivity contribution in [3.05, 3.63) is 54.3 Å². The molecule has 0 spiro atoms. The Morgan fingerprint density at radius 3 is 2.62 bits per heavy atom. The number of nitrogens with one attached hydrogen (secondary N) is 2. The van der Waals surface area contributed by atoms with Crippen LogP contribution in [0.4, 0.5) is 26.2 Å². The van der Waals surface area contributed by atoms with Gasteiger partial charge in [0.2, 0.25) is 5.91 Å². The van der Waals surface area contributed by atoms with Crippen LogP contribution in [0.1, 0.15) is 20.3 Å². The molecule has 2 aromatic rings. The smallest absolute Gasteiger partial charge is 0.323 e. The first-order chi connectivity index (χ1) is 11.5. The van der Waals surface area contributed by atoms with Crippen LogP contribution in [0, 0.1) is 5.82 Å². The molecule has 0 bridgehead atoms. The lowest BCUT2D eigenvalue weighted by molar-refractivity contribution is -0.115. The van der Waals surface area contributed by atoms with Crippen molar-refractivity contribution in [1.82, 2.24) is 0 Å². The van der Waals surface area contributed by atoms with Crippen LogP contribution in [0.5, 0.6) is 0 Å². The number of carbonyl (C=O) groups is 2. The Kier molecular flexibility index (Phi) is 5.89. The maximum atomic E-state index is 13.1.